The molecule has 4 nitrogen and oxygen atoms in total. The summed E-state index contributed by atoms with van der Waals surface area (Å²) in [5, 5.41) is 0. The zero-order valence-electron chi connectivity index (χ0n) is 15.1. The van der Waals surface area contributed by atoms with E-state index in [-0.39, 0.29) is 6.10 Å². The van der Waals surface area contributed by atoms with Gasteiger partial charge in [0.1, 0.15) is 5.82 Å². The van der Waals surface area contributed by atoms with E-state index in [1.165, 1.54) is 6.07 Å². The minimum absolute atomic E-state index is 0.275. The summed E-state index contributed by atoms with van der Waals surface area (Å²) in [6.45, 7) is 4.63. The number of ether oxygens (including phenoxy) is 1. The van der Waals surface area contributed by atoms with Gasteiger partial charge >= 0.3 is 0 Å². The highest BCUT2D eigenvalue weighted by Gasteiger charge is 2.24. The second kappa shape index (κ2) is 7.58. The number of halogens is 2. The lowest BCUT2D eigenvalue weighted by atomic mass is 10.1. The van der Waals surface area contributed by atoms with Crippen LogP contribution >= 0.6 is 0 Å². The fourth-order valence-electron chi connectivity index (χ4n) is 3.52. The van der Waals surface area contributed by atoms with Crippen LogP contribution in [0.4, 0.5) is 8.78 Å². The van der Waals surface area contributed by atoms with Crippen molar-refractivity contribution in [1.82, 2.24) is 14.5 Å². The van der Waals surface area contributed by atoms with E-state index in [0.29, 0.717) is 25.3 Å². The van der Waals surface area contributed by atoms with Crippen LogP contribution in [0.5, 0.6) is 0 Å². The Hall–Kier alpha value is -2.57. The third kappa shape index (κ3) is 3.77. The Morgan fingerprint density at radius 1 is 1.11 bits per heavy atom. The van der Waals surface area contributed by atoms with Crippen LogP contribution in [0.1, 0.15) is 23.2 Å². The number of aryl methyl sites for hydroxylation is 1. The van der Waals surface area contributed by atoms with Crippen molar-refractivity contribution in [3.05, 3.63) is 83.4 Å². The number of imidazole rings is 1. The molecule has 140 valence electrons. The Morgan fingerprint density at radius 2 is 1.93 bits per heavy atom. The van der Waals surface area contributed by atoms with Gasteiger partial charge in [0.15, 0.2) is 11.6 Å². The maximum absolute atomic E-state index is 13.6. The predicted octanol–water partition coefficient (Wildman–Crippen LogP) is 4.03. The number of nitrogens with zero attached hydrogens (tertiary/aromatic N) is 3. The van der Waals surface area contributed by atoms with Gasteiger partial charge in [-0.15, -0.1) is 0 Å². The van der Waals surface area contributed by atoms with Crippen molar-refractivity contribution in [3.63, 3.8) is 0 Å². The zero-order valence-corrected chi connectivity index (χ0v) is 15.1. The first-order valence-electron chi connectivity index (χ1n) is 8.99. The number of hydrogen-bond acceptors (Lipinski definition) is 3. The third-order valence-corrected chi connectivity index (χ3v) is 4.88. The van der Waals surface area contributed by atoms with E-state index >= 15 is 0 Å². The van der Waals surface area contributed by atoms with Gasteiger partial charge in [0.05, 0.1) is 24.6 Å². The highest BCUT2D eigenvalue weighted by Crippen LogP contribution is 2.25. The summed E-state index contributed by atoms with van der Waals surface area (Å²) < 4.78 is 34.7. The molecular formula is C21H21F2N3O. The molecule has 0 amide bonds. The lowest BCUT2D eigenvalue weighted by Gasteiger charge is -2.33. The molecule has 1 saturated heterocycles. The van der Waals surface area contributed by atoms with Crippen LogP contribution in [-0.2, 0) is 11.3 Å². The van der Waals surface area contributed by atoms with Crippen LogP contribution in [0.15, 0.2) is 54.7 Å². The van der Waals surface area contributed by atoms with Gasteiger partial charge in [0, 0.05) is 25.3 Å². The van der Waals surface area contributed by atoms with Gasteiger partial charge in [0.25, 0.3) is 0 Å². The molecule has 0 N–H and O–H groups in total. The van der Waals surface area contributed by atoms with Gasteiger partial charge in [0.2, 0.25) is 0 Å². The van der Waals surface area contributed by atoms with Crippen LogP contribution in [0.2, 0.25) is 0 Å². The monoisotopic (exact) mass is 369 g/mol. The SMILES string of the molecule is Cc1ncc(CN2CCOC(c3ccc(F)c(F)c3)C2)n1-c1ccccc1. The molecule has 2 aromatic carbocycles. The first kappa shape index (κ1) is 17.8. The van der Waals surface area contributed by atoms with Crippen molar-refractivity contribution >= 4 is 0 Å². The highest BCUT2D eigenvalue weighted by molar-refractivity contribution is 5.35. The summed E-state index contributed by atoms with van der Waals surface area (Å²) in [5.41, 5.74) is 2.82. The van der Waals surface area contributed by atoms with E-state index in [4.69, 9.17) is 4.74 Å². The summed E-state index contributed by atoms with van der Waals surface area (Å²) in [6, 6.07) is 14.1. The number of hydrogen-bond donors (Lipinski definition) is 0. The van der Waals surface area contributed by atoms with Gasteiger partial charge in [-0.3, -0.25) is 9.47 Å². The highest BCUT2D eigenvalue weighted by atomic mass is 19.2. The maximum atomic E-state index is 13.6. The zero-order chi connectivity index (χ0) is 18.8. The van der Waals surface area contributed by atoms with E-state index in [2.05, 4.69) is 26.6 Å². The number of benzene rings is 2. The van der Waals surface area contributed by atoms with Crippen LogP contribution in [0.25, 0.3) is 5.69 Å². The number of para-hydroxylation sites is 1. The van der Waals surface area contributed by atoms with E-state index in [1.54, 1.807) is 6.07 Å². The smallest absolute Gasteiger partial charge is 0.159 e. The molecule has 3 aromatic rings. The molecule has 1 aromatic heterocycles. The molecule has 1 unspecified atom stereocenters. The largest absolute Gasteiger partial charge is 0.371 e. The fraction of sp³-hybridized carbons (Fsp3) is 0.286. The molecule has 1 fully saturated rings. The van der Waals surface area contributed by atoms with Crippen molar-refractivity contribution in [2.24, 2.45) is 0 Å². The first-order chi connectivity index (χ1) is 13.1. The van der Waals surface area contributed by atoms with Crippen LogP contribution in [0, 0.1) is 18.6 Å². The average molecular weight is 369 g/mol. The maximum Gasteiger partial charge on any atom is 0.159 e. The van der Waals surface area contributed by atoms with Gasteiger partial charge in [-0.05, 0) is 36.8 Å². The Kier molecular flexibility index (Phi) is 5.01. The average Bonchev–Trinajstić information content (AvgIpc) is 3.05. The summed E-state index contributed by atoms with van der Waals surface area (Å²) in [4.78, 5) is 6.73. The van der Waals surface area contributed by atoms with Gasteiger partial charge in [-0.1, -0.05) is 24.3 Å². The molecule has 27 heavy (non-hydrogen) atoms. The van der Waals surface area contributed by atoms with Crippen molar-refractivity contribution in [2.45, 2.75) is 19.6 Å². The minimum Gasteiger partial charge on any atom is -0.371 e. The second-order valence-corrected chi connectivity index (χ2v) is 6.74. The standard InChI is InChI=1S/C21H21F2N3O/c1-15-24-12-18(26(15)17-5-3-2-4-6-17)13-25-9-10-27-21(14-25)16-7-8-19(22)20(23)11-16/h2-8,11-12,21H,9-10,13-14H2,1H3. The van der Waals surface area contributed by atoms with E-state index in [9.17, 15) is 8.78 Å². The van der Waals surface area contributed by atoms with Gasteiger partial charge in [-0.2, -0.15) is 0 Å². The second-order valence-electron chi connectivity index (χ2n) is 6.74. The predicted molar refractivity (Wildman–Crippen MR) is 98.6 cm³/mol. The molecule has 0 saturated carbocycles. The van der Waals surface area contributed by atoms with E-state index in [0.717, 1.165) is 29.8 Å². The quantitative estimate of drug-likeness (QED) is 0.696. The number of rotatable bonds is 4. The Balaban J connectivity index is 1.53. The minimum atomic E-state index is -0.842. The lowest BCUT2D eigenvalue weighted by Crippen LogP contribution is -2.38. The van der Waals surface area contributed by atoms with Crippen LogP contribution in [0.3, 0.4) is 0 Å². The van der Waals surface area contributed by atoms with E-state index < -0.39 is 11.6 Å². The summed E-state index contributed by atoms with van der Waals surface area (Å²) >= 11 is 0. The Labute approximate surface area is 157 Å². The molecule has 1 aliphatic heterocycles. The third-order valence-electron chi connectivity index (χ3n) is 4.88. The molecule has 1 atom stereocenters. The molecular weight excluding hydrogens is 348 g/mol. The van der Waals surface area contributed by atoms with Gasteiger partial charge < -0.3 is 4.74 Å². The molecule has 0 spiro atoms. The molecule has 0 radical (unpaired) electrons. The molecule has 1 aliphatic rings. The topological polar surface area (TPSA) is 30.3 Å². The first-order valence-corrected chi connectivity index (χ1v) is 8.99. The van der Waals surface area contributed by atoms with Crippen molar-refractivity contribution in [3.8, 4) is 5.69 Å². The van der Waals surface area contributed by atoms with E-state index in [1.807, 2.05) is 31.3 Å². The Morgan fingerprint density at radius 3 is 2.70 bits per heavy atom. The number of aromatic nitrogens is 2. The summed E-state index contributed by atoms with van der Waals surface area (Å²) in [5.74, 6) is -0.749. The fourth-order valence-corrected chi connectivity index (χ4v) is 3.52. The summed E-state index contributed by atoms with van der Waals surface area (Å²) in [7, 11) is 0. The van der Waals surface area contributed by atoms with Crippen molar-refractivity contribution < 1.29 is 13.5 Å². The Bertz CT molecular complexity index is 926. The lowest BCUT2D eigenvalue weighted by molar-refractivity contribution is -0.0335. The molecule has 2 heterocycles. The molecule has 4 rings (SSSR count). The number of morpholine rings is 1. The van der Waals surface area contributed by atoms with Crippen LogP contribution < -0.4 is 0 Å². The van der Waals surface area contributed by atoms with Crippen LogP contribution in [-0.4, -0.2) is 34.1 Å². The normalized spacial score (nSPS) is 18.0. The molecule has 6 heteroatoms. The molecule has 0 bridgehead atoms. The van der Waals surface area contributed by atoms with Gasteiger partial charge in [-0.25, -0.2) is 13.8 Å². The van der Waals surface area contributed by atoms with Crippen molar-refractivity contribution in [2.75, 3.05) is 19.7 Å². The van der Waals surface area contributed by atoms with Crippen molar-refractivity contribution in [1.29, 1.82) is 0 Å². The molecule has 0 aliphatic carbocycles. The summed E-state index contributed by atoms with van der Waals surface area (Å²) in [6.07, 6.45) is 1.62.